The maximum Gasteiger partial charge on any atom is 0.248 e. The van der Waals surface area contributed by atoms with Gasteiger partial charge in [0.2, 0.25) is 11.8 Å². The molecule has 3 aromatic rings. The number of aromatic nitrogens is 4. The first-order valence-electron chi connectivity index (χ1n) is 14.3. The lowest BCUT2D eigenvalue weighted by atomic mass is 9.67. The molecule has 1 saturated heterocycles. The number of nitrogens with two attached hydrogens (primary N) is 2. The van der Waals surface area contributed by atoms with E-state index in [0.717, 1.165) is 34.4 Å². The van der Waals surface area contributed by atoms with Crippen LogP contribution in [0.4, 0.5) is 0 Å². The molecule has 1 fully saturated rings. The summed E-state index contributed by atoms with van der Waals surface area (Å²) in [6.45, 7) is 11.2. The minimum atomic E-state index is -0.852. The number of hydrogen-bond acceptors (Lipinski definition) is 8. The maximum absolute atomic E-state index is 12.1. The Bertz CT molecular complexity index is 1490. The van der Waals surface area contributed by atoms with Crippen molar-refractivity contribution in [2.75, 3.05) is 6.54 Å². The number of hydrogen-bond donors (Lipinski definition) is 4. The Kier molecular flexibility index (Phi) is 7.84. The van der Waals surface area contributed by atoms with Gasteiger partial charge >= 0.3 is 0 Å². The number of carbonyl (C=O) groups excluding carboxylic acids is 2. The van der Waals surface area contributed by atoms with Gasteiger partial charge in [0.05, 0.1) is 11.5 Å². The third-order valence-electron chi connectivity index (χ3n) is 9.09. The van der Waals surface area contributed by atoms with Crippen LogP contribution in [0, 0.1) is 17.2 Å². The molecular weight excluding hydrogens is 530 g/mol. The molecule has 2 unspecified atom stereocenters. The highest BCUT2D eigenvalue weighted by atomic mass is 16.1. The molecule has 2 amide bonds. The Hall–Kier alpha value is -4.56. The van der Waals surface area contributed by atoms with Crippen LogP contribution >= 0.6 is 0 Å². The lowest BCUT2D eigenvalue weighted by Crippen LogP contribution is -2.43. The topological polar surface area (TPSA) is 180 Å². The van der Waals surface area contributed by atoms with Crippen LogP contribution in [0.2, 0.25) is 0 Å². The van der Waals surface area contributed by atoms with Crippen LogP contribution < -0.4 is 16.8 Å². The molecule has 1 aliphatic carbocycles. The molecule has 42 heavy (non-hydrogen) atoms. The quantitative estimate of drug-likeness (QED) is 0.304. The van der Waals surface area contributed by atoms with Crippen LogP contribution in [0.25, 0.3) is 0 Å². The highest BCUT2D eigenvalue weighted by molar-refractivity contribution is 5.94. The lowest BCUT2D eigenvalue weighted by molar-refractivity contribution is 0.0991. The Morgan fingerprint density at radius 3 is 2.24 bits per heavy atom. The number of fused-ring (bicyclic) bond motifs is 2. The van der Waals surface area contributed by atoms with Gasteiger partial charge in [-0.1, -0.05) is 25.6 Å². The predicted molar refractivity (Wildman–Crippen MR) is 157 cm³/mol. The van der Waals surface area contributed by atoms with Gasteiger partial charge in [0.25, 0.3) is 0 Å². The van der Waals surface area contributed by atoms with Gasteiger partial charge in [0, 0.05) is 35.5 Å². The Morgan fingerprint density at radius 2 is 1.74 bits per heavy atom. The molecular formula is C31H37N9O2. The molecule has 0 saturated carbocycles. The van der Waals surface area contributed by atoms with E-state index >= 15 is 0 Å². The van der Waals surface area contributed by atoms with E-state index in [2.05, 4.69) is 64.3 Å². The molecule has 0 spiro atoms. The number of nitrogens with one attached hydrogen (secondary N) is 2. The van der Waals surface area contributed by atoms with Gasteiger partial charge in [0.15, 0.2) is 5.82 Å². The fraction of sp³-hybridized carbons (Fsp3) is 0.419. The first-order chi connectivity index (χ1) is 20.1. The lowest BCUT2D eigenvalue weighted by Gasteiger charge is -2.37. The first-order valence-corrected chi connectivity index (χ1v) is 14.3. The average molecular weight is 568 g/mol. The second-order valence-corrected chi connectivity index (χ2v) is 11.7. The van der Waals surface area contributed by atoms with Crippen molar-refractivity contribution >= 4 is 11.8 Å². The number of benzene rings is 2. The van der Waals surface area contributed by atoms with Gasteiger partial charge in [-0.25, -0.2) is 5.10 Å². The third-order valence-corrected chi connectivity index (χ3v) is 9.09. The minimum absolute atomic E-state index is 0.0758. The van der Waals surface area contributed by atoms with Crippen LogP contribution in [0.1, 0.15) is 82.4 Å². The number of aryl methyl sites for hydroxylation is 2. The zero-order valence-electron chi connectivity index (χ0n) is 24.2. The summed E-state index contributed by atoms with van der Waals surface area (Å²) >= 11 is 0. The Labute approximate surface area is 245 Å². The largest absolute Gasteiger partial charge is 0.366 e. The molecule has 0 radical (unpaired) electrons. The van der Waals surface area contributed by atoms with Gasteiger partial charge in [-0.15, -0.1) is 5.10 Å². The third kappa shape index (κ3) is 5.03. The van der Waals surface area contributed by atoms with E-state index in [1.54, 1.807) is 12.1 Å². The van der Waals surface area contributed by atoms with E-state index < -0.39 is 17.2 Å². The SMILES string of the molecule is C=C(CN[C@@H](C)CC1(c2nnn[nH]2)c2ccc(C(N)=O)cc2CCc2cc(C(N)=O)ccc21)N1C(C#N)C[C@H](C)C1C. The van der Waals surface area contributed by atoms with Crippen molar-refractivity contribution in [1.82, 2.24) is 30.8 Å². The van der Waals surface area contributed by atoms with Crippen molar-refractivity contribution < 1.29 is 9.59 Å². The highest BCUT2D eigenvalue weighted by Crippen LogP contribution is 2.47. The summed E-state index contributed by atoms with van der Waals surface area (Å²) in [5, 5.41) is 28.7. The molecule has 11 nitrogen and oxygen atoms in total. The Balaban J connectivity index is 1.57. The minimum Gasteiger partial charge on any atom is -0.366 e. The van der Waals surface area contributed by atoms with E-state index in [1.165, 1.54) is 0 Å². The molecule has 218 valence electrons. The van der Waals surface area contributed by atoms with E-state index in [-0.39, 0.29) is 18.1 Å². The van der Waals surface area contributed by atoms with E-state index in [0.29, 0.717) is 48.7 Å². The van der Waals surface area contributed by atoms with Crippen LogP contribution in [0.15, 0.2) is 48.7 Å². The molecule has 5 rings (SSSR count). The molecule has 1 aliphatic heterocycles. The number of nitriles is 1. The Morgan fingerprint density at radius 1 is 1.14 bits per heavy atom. The molecule has 11 heteroatoms. The second kappa shape index (κ2) is 11.4. The number of rotatable bonds is 9. The van der Waals surface area contributed by atoms with Gasteiger partial charge in [0.1, 0.15) is 6.04 Å². The summed E-state index contributed by atoms with van der Waals surface area (Å²) in [7, 11) is 0. The van der Waals surface area contributed by atoms with Crippen LogP contribution in [-0.2, 0) is 18.3 Å². The van der Waals surface area contributed by atoms with E-state index in [1.807, 2.05) is 24.3 Å². The number of carbonyl (C=O) groups is 2. The molecule has 4 atom stereocenters. The number of amides is 2. The molecule has 0 bridgehead atoms. The summed E-state index contributed by atoms with van der Waals surface area (Å²) in [6, 6.07) is 13.4. The molecule has 2 aliphatic rings. The fourth-order valence-electron chi connectivity index (χ4n) is 6.83. The second-order valence-electron chi connectivity index (χ2n) is 11.7. The van der Waals surface area contributed by atoms with Crippen molar-refractivity contribution in [3.8, 4) is 6.07 Å². The van der Waals surface area contributed by atoms with Crippen molar-refractivity contribution in [1.29, 1.82) is 5.26 Å². The number of H-pyrrole nitrogens is 1. The average Bonchev–Trinajstić information content (AvgIpc) is 3.58. The van der Waals surface area contributed by atoms with E-state index in [4.69, 9.17) is 11.5 Å². The molecule has 2 aromatic carbocycles. The summed E-state index contributed by atoms with van der Waals surface area (Å²) in [6.07, 6.45) is 2.60. The van der Waals surface area contributed by atoms with Gasteiger partial charge in [-0.3, -0.25) is 9.59 Å². The predicted octanol–water partition coefficient (Wildman–Crippen LogP) is 2.33. The standard InChI is InChI=1S/C31H37N9O2/c1-17-11-25(15-32)40(20(17)4)19(3)16-35-18(2)14-31(30-36-38-39-37-30)26-9-7-23(28(33)41)12-21(26)5-6-22-13-24(29(34)42)8-10-27(22)31/h7-10,12-13,17-18,20,25,35H,3,5-6,11,14,16H2,1-2,4H3,(H2,33,41)(H2,34,42)(H,36,37,38,39)/t17-,18-,20?,25?/m0/s1. The van der Waals surface area contributed by atoms with Crippen LogP contribution in [0.5, 0.6) is 0 Å². The molecule has 6 N–H and O–H groups in total. The van der Waals surface area contributed by atoms with Crippen molar-refractivity contribution in [3.63, 3.8) is 0 Å². The number of nitrogens with zero attached hydrogens (tertiary/aromatic N) is 5. The normalized spacial score (nSPS) is 21.5. The zero-order chi connectivity index (χ0) is 30.2. The summed E-state index contributed by atoms with van der Waals surface area (Å²) in [5.74, 6) is -0.0560. The summed E-state index contributed by atoms with van der Waals surface area (Å²) < 4.78 is 0. The highest BCUT2D eigenvalue weighted by Gasteiger charge is 2.45. The van der Waals surface area contributed by atoms with Crippen molar-refractivity contribution in [2.24, 2.45) is 17.4 Å². The summed E-state index contributed by atoms with van der Waals surface area (Å²) in [5.41, 5.74) is 16.0. The number of likely N-dealkylation sites (tertiary alicyclic amines) is 1. The zero-order valence-corrected chi connectivity index (χ0v) is 24.2. The smallest absolute Gasteiger partial charge is 0.248 e. The maximum atomic E-state index is 12.1. The molecule has 1 aromatic heterocycles. The summed E-state index contributed by atoms with van der Waals surface area (Å²) in [4.78, 5) is 26.4. The first kappa shape index (κ1) is 29.0. The van der Waals surface area contributed by atoms with E-state index in [9.17, 15) is 14.9 Å². The van der Waals surface area contributed by atoms with Gasteiger partial charge < -0.3 is 21.7 Å². The van der Waals surface area contributed by atoms with Crippen molar-refractivity contribution in [2.45, 2.75) is 70.0 Å². The number of tetrazole rings is 1. The molecule has 2 heterocycles. The van der Waals surface area contributed by atoms with Gasteiger partial charge in [-0.2, -0.15) is 5.26 Å². The number of primary amides is 2. The fourth-order valence-corrected chi connectivity index (χ4v) is 6.83. The number of aromatic amines is 1. The van der Waals surface area contributed by atoms with Gasteiger partial charge in [-0.05, 0) is 102 Å². The van der Waals surface area contributed by atoms with Crippen LogP contribution in [0.3, 0.4) is 0 Å². The monoisotopic (exact) mass is 567 g/mol. The van der Waals surface area contributed by atoms with Crippen LogP contribution in [-0.4, -0.2) is 62.0 Å². The van der Waals surface area contributed by atoms with Crippen molar-refractivity contribution in [3.05, 3.63) is 87.9 Å².